The van der Waals surface area contributed by atoms with Crippen molar-refractivity contribution in [1.82, 2.24) is 26.2 Å². The smallest absolute Gasteiger partial charge is 0.245 e. The summed E-state index contributed by atoms with van der Waals surface area (Å²) in [6.45, 7) is 7.40. The molecule has 0 aromatic heterocycles. The van der Waals surface area contributed by atoms with Crippen molar-refractivity contribution >= 4 is 29.4 Å². The van der Waals surface area contributed by atoms with E-state index in [4.69, 9.17) is 9.47 Å². The molecule has 4 unspecified atom stereocenters. The number of benzene rings is 1. The second-order valence-corrected chi connectivity index (χ2v) is 10.0. The van der Waals surface area contributed by atoms with Crippen LogP contribution in [0.2, 0.25) is 0 Å². The highest BCUT2D eigenvalue weighted by Gasteiger charge is 2.50. The molecule has 0 spiro atoms. The van der Waals surface area contributed by atoms with Gasteiger partial charge in [0.15, 0.2) is 5.78 Å². The number of hydrogen-bond acceptors (Lipinski definition) is 8. The fourth-order valence-corrected chi connectivity index (χ4v) is 4.11. The number of morpholine rings is 1. The Kier molecular flexibility index (Phi) is 11.0. The SMILES string of the molecule is CCC(=O)NCC(NC(=O)C(C)NC(=O)CN1CCOCC1)C(=O)NC(Cc1ccccc1)C(=O)C1(C)CO1. The molecule has 4 atom stereocenters. The maximum absolute atomic E-state index is 13.4. The van der Waals surface area contributed by atoms with Gasteiger partial charge in [-0.15, -0.1) is 0 Å². The first-order valence-corrected chi connectivity index (χ1v) is 13.3. The predicted octanol–water partition coefficient (Wildman–Crippen LogP) is -1.08. The molecule has 0 saturated carbocycles. The fraction of sp³-hybridized carbons (Fsp3) is 0.593. The highest BCUT2D eigenvalue weighted by atomic mass is 16.6. The standard InChI is InChI=1S/C27H39N5O7/c1-4-22(33)28-15-21(31-25(36)18(2)29-23(34)16-32-10-12-38-13-11-32)26(37)30-20(24(35)27(3)17-39-27)14-19-8-6-5-7-9-19/h5-9,18,20-21H,4,10-17H2,1-3H3,(H,28,33)(H,29,34)(H,30,37)(H,31,36). The zero-order valence-electron chi connectivity index (χ0n) is 22.8. The van der Waals surface area contributed by atoms with Crippen LogP contribution >= 0.6 is 0 Å². The molecule has 2 heterocycles. The van der Waals surface area contributed by atoms with Gasteiger partial charge in [0.25, 0.3) is 0 Å². The van der Waals surface area contributed by atoms with E-state index < -0.39 is 35.5 Å². The quantitative estimate of drug-likeness (QED) is 0.215. The lowest BCUT2D eigenvalue weighted by Crippen LogP contribution is -2.59. The first-order chi connectivity index (χ1) is 18.6. The van der Waals surface area contributed by atoms with E-state index in [1.165, 1.54) is 6.92 Å². The van der Waals surface area contributed by atoms with E-state index >= 15 is 0 Å². The maximum atomic E-state index is 13.4. The van der Waals surface area contributed by atoms with Crippen molar-refractivity contribution in [2.45, 2.75) is 57.3 Å². The number of carbonyl (C=O) groups is 5. The van der Waals surface area contributed by atoms with Crippen LogP contribution in [0.3, 0.4) is 0 Å². The molecule has 0 radical (unpaired) electrons. The highest BCUT2D eigenvalue weighted by Crippen LogP contribution is 2.29. The zero-order valence-corrected chi connectivity index (χ0v) is 22.8. The first-order valence-electron chi connectivity index (χ1n) is 13.3. The van der Waals surface area contributed by atoms with E-state index in [0.717, 1.165) is 5.56 Å². The topological polar surface area (TPSA) is 158 Å². The molecule has 2 aliphatic rings. The van der Waals surface area contributed by atoms with Crippen LogP contribution in [0.5, 0.6) is 0 Å². The molecule has 2 aliphatic heterocycles. The summed E-state index contributed by atoms with van der Waals surface area (Å²) in [6.07, 6.45) is 0.432. The van der Waals surface area contributed by atoms with Crippen molar-refractivity contribution in [1.29, 1.82) is 0 Å². The number of rotatable bonds is 14. The van der Waals surface area contributed by atoms with Gasteiger partial charge in [0.2, 0.25) is 23.6 Å². The van der Waals surface area contributed by atoms with Gasteiger partial charge in [0, 0.05) is 26.1 Å². The van der Waals surface area contributed by atoms with Gasteiger partial charge in [-0.05, 0) is 25.8 Å². The molecule has 3 rings (SSSR count). The van der Waals surface area contributed by atoms with E-state index in [1.54, 1.807) is 13.8 Å². The summed E-state index contributed by atoms with van der Waals surface area (Å²) in [5.41, 5.74) is -0.127. The Morgan fingerprint density at radius 1 is 0.949 bits per heavy atom. The van der Waals surface area contributed by atoms with Crippen molar-refractivity contribution in [3.8, 4) is 0 Å². The van der Waals surface area contributed by atoms with Crippen molar-refractivity contribution < 1.29 is 33.4 Å². The molecule has 2 saturated heterocycles. The Morgan fingerprint density at radius 3 is 2.21 bits per heavy atom. The van der Waals surface area contributed by atoms with Gasteiger partial charge in [-0.3, -0.25) is 28.9 Å². The number of ether oxygens (including phenoxy) is 2. The Morgan fingerprint density at radius 2 is 1.59 bits per heavy atom. The second-order valence-electron chi connectivity index (χ2n) is 10.0. The highest BCUT2D eigenvalue weighted by molar-refractivity contribution is 5.98. The molecule has 4 N–H and O–H groups in total. The third-order valence-corrected chi connectivity index (χ3v) is 6.71. The van der Waals surface area contributed by atoms with Crippen LogP contribution in [-0.2, 0) is 39.9 Å². The Bertz CT molecular complexity index is 1020. The minimum Gasteiger partial charge on any atom is -0.379 e. The summed E-state index contributed by atoms with van der Waals surface area (Å²) in [5, 5.41) is 10.6. The number of nitrogens with one attached hydrogen (secondary N) is 4. The Balaban J connectivity index is 1.65. The Labute approximate surface area is 228 Å². The Hall–Kier alpha value is -3.35. The molecule has 12 nitrogen and oxygen atoms in total. The first kappa shape index (κ1) is 30.2. The normalized spacial score (nSPS) is 21.1. The van der Waals surface area contributed by atoms with Crippen LogP contribution in [0, 0.1) is 0 Å². The largest absolute Gasteiger partial charge is 0.379 e. The lowest BCUT2D eigenvalue weighted by Gasteiger charge is -2.27. The number of ketones is 1. The number of carbonyl (C=O) groups excluding carboxylic acids is 5. The molecule has 1 aromatic carbocycles. The van der Waals surface area contributed by atoms with Gasteiger partial charge < -0.3 is 30.7 Å². The van der Waals surface area contributed by atoms with E-state index in [2.05, 4.69) is 21.3 Å². The second kappa shape index (κ2) is 14.2. The van der Waals surface area contributed by atoms with Crippen LogP contribution in [0.4, 0.5) is 0 Å². The van der Waals surface area contributed by atoms with Gasteiger partial charge >= 0.3 is 0 Å². The summed E-state index contributed by atoms with van der Waals surface area (Å²) >= 11 is 0. The molecule has 0 bridgehead atoms. The molecule has 214 valence electrons. The van der Waals surface area contributed by atoms with Gasteiger partial charge in [-0.1, -0.05) is 37.3 Å². The lowest BCUT2D eigenvalue weighted by molar-refractivity contribution is -0.134. The summed E-state index contributed by atoms with van der Waals surface area (Å²) in [6, 6.07) is 6.22. The molecule has 12 heteroatoms. The summed E-state index contributed by atoms with van der Waals surface area (Å²) < 4.78 is 10.6. The van der Waals surface area contributed by atoms with Crippen molar-refractivity contribution in [2.75, 3.05) is 46.0 Å². The van der Waals surface area contributed by atoms with Gasteiger partial charge in [0.05, 0.1) is 32.4 Å². The summed E-state index contributed by atoms with van der Waals surface area (Å²) in [5.74, 6) is -2.13. The maximum Gasteiger partial charge on any atom is 0.245 e. The number of hydrogen-bond donors (Lipinski definition) is 4. The molecular formula is C27H39N5O7. The number of nitrogens with zero attached hydrogens (tertiary/aromatic N) is 1. The number of Topliss-reactive ketones (excluding diaryl/α,β-unsaturated/α-hetero) is 1. The molecule has 39 heavy (non-hydrogen) atoms. The minimum atomic E-state index is -1.18. The lowest BCUT2D eigenvalue weighted by atomic mass is 9.94. The van der Waals surface area contributed by atoms with Crippen molar-refractivity contribution in [3.05, 3.63) is 35.9 Å². The molecule has 1 aromatic rings. The minimum absolute atomic E-state index is 0.127. The van der Waals surface area contributed by atoms with Crippen LogP contribution in [0.25, 0.3) is 0 Å². The zero-order chi connectivity index (χ0) is 28.4. The van der Waals surface area contributed by atoms with Gasteiger partial charge in [-0.2, -0.15) is 0 Å². The van der Waals surface area contributed by atoms with Crippen molar-refractivity contribution in [3.63, 3.8) is 0 Å². The van der Waals surface area contributed by atoms with Gasteiger partial charge in [-0.25, -0.2) is 0 Å². The summed E-state index contributed by atoms with van der Waals surface area (Å²) in [4.78, 5) is 65.7. The van der Waals surface area contributed by atoms with Crippen LogP contribution in [0.1, 0.15) is 32.8 Å². The van der Waals surface area contributed by atoms with Crippen LogP contribution in [0.15, 0.2) is 30.3 Å². The van der Waals surface area contributed by atoms with Gasteiger partial charge in [0.1, 0.15) is 17.7 Å². The molecular weight excluding hydrogens is 506 g/mol. The van der Waals surface area contributed by atoms with Crippen molar-refractivity contribution in [2.24, 2.45) is 0 Å². The average Bonchev–Trinajstić information content (AvgIpc) is 3.69. The predicted molar refractivity (Wildman–Crippen MR) is 142 cm³/mol. The number of amides is 4. The van der Waals surface area contributed by atoms with E-state index in [0.29, 0.717) is 26.3 Å². The van der Waals surface area contributed by atoms with Crippen LogP contribution < -0.4 is 21.3 Å². The third kappa shape index (κ3) is 9.41. The summed E-state index contributed by atoms with van der Waals surface area (Å²) in [7, 11) is 0. The monoisotopic (exact) mass is 545 g/mol. The van der Waals surface area contributed by atoms with Crippen LogP contribution in [-0.4, -0.2) is 104 Å². The van der Waals surface area contributed by atoms with E-state index in [9.17, 15) is 24.0 Å². The third-order valence-electron chi connectivity index (χ3n) is 6.71. The number of epoxide rings is 1. The van der Waals surface area contributed by atoms with E-state index in [1.807, 2.05) is 35.2 Å². The average molecular weight is 546 g/mol. The van der Waals surface area contributed by atoms with E-state index in [-0.39, 0.29) is 50.1 Å². The fourth-order valence-electron chi connectivity index (χ4n) is 4.11. The molecule has 4 amide bonds. The molecule has 0 aliphatic carbocycles. The molecule has 2 fully saturated rings.